The Kier molecular flexibility index (Phi) is 4.15. The lowest BCUT2D eigenvalue weighted by Gasteiger charge is -2.08. The van der Waals surface area contributed by atoms with Crippen molar-refractivity contribution in [2.75, 3.05) is 12.4 Å². The first kappa shape index (κ1) is 10.4. The van der Waals surface area contributed by atoms with Crippen molar-refractivity contribution in [2.45, 2.75) is 13.3 Å². The number of halogens is 1. The molecule has 0 amide bonds. The molecule has 1 heterocycles. The van der Waals surface area contributed by atoms with Crippen molar-refractivity contribution in [1.82, 2.24) is 9.97 Å². The van der Waals surface area contributed by atoms with E-state index in [9.17, 15) is 0 Å². The molecule has 0 bridgehead atoms. The smallest absolute Gasteiger partial charge is 0.235 e. The second kappa shape index (κ2) is 5.17. The predicted octanol–water partition coefficient (Wildman–Crippen LogP) is 2.06. The first-order chi connectivity index (χ1) is 6.27. The monoisotopic (exact) mass is 244 g/mol. The summed E-state index contributed by atoms with van der Waals surface area (Å²) in [6.45, 7) is 2.16. The molecule has 0 fully saturated rings. The molecule has 0 aromatic carbocycles. The second-order valence-electron chi connectivity index (χ2n) is 2.98. The molecule has 0 N–H and O–H groups in total. The zero-order valence-corrected chi connectivity index (χ0v) is 9.41. The summed E-state index contributed by atoms with van der Waals surface area (Å²) in [4.78, 5) is 8.31. The molecule has 0 spiro atoms. The normalized spacial score (nSPS) is 12.5. The zero-order valence-electron chi connectivity index (χ0n) is 7.83. The summed E-state index contributed by atoms with van der Waals surface area (Å²) in [5.74, 6) is 1.18. The van der Waals surface area contributed by atoms with E-state index in [1.54, 1.807) is 19.5 Å². The molecule has 1 unspecified atom stereocenters. The third-order valence-corrected chi connectivity index (χ3v) is 2.84. The van der Waals surface area contributed by atoms with Crippen LogP contribution in [0.1, 0.15) is 12.6 Å². The van der Waals surface area contributed by atoms with Gasteiger partial charge in [0.1, 0.15) is 5.69 Å². The molecular weight excluding hydrogens is 232 g/mol. The lowest BCUT2D eigenvalue weighted by molar-refractivity contribution is 0.386. The number of hydrogen-bond donors (Lipinski definition) is 0. The van der Waals surface area contributed by atoms with Crippen LogP contribution in [-0.2, 0) is 6.42 Å². The number of rotatable bonds is 4. The molecule has 72 valence electrons. The van der Waals surface area contributed by atoms with Crippen LogP contribution >= 0.6 is 15.9 Å². The summed E-state index contributed by atoms with van der Waals surface area (Å²) in [5.41, 5.74) is 0.928. The van der Waals surface area contributed by atoms with E-state index in [1.165, 1.54) is 0 Å². The molecule has 1 aromatic rings. The van der Waals surface area contributed by atoms with Gasteiger partial charge in [0.25, 0.3) is 0 Å². The summed E-state index contributed by atoms with van der Waals surface area (Å²) in [7, 11) is 1.62. The van der Waals surface area contributed by atoms with Gasteiger partial charge in [-0.25, -0.2) is 4.98 Å². The van der Waals surface area contributed by atoms with E-state index in [0.717, 1.165) is 17.4 Å². The fourth-order valence-corrected chi connectivity index (χ4v) is 1.28. The van der Waals surface area contributed by atoms with Crippen molar-refractivity contribution < 1.29 is 4.74 Å². The standard InChI is InChI=1S/C9H13BrN2O/c1-7(6-10)5-8-9(13-2)12-4-3-11-8/h3-4,7H,5-6H2,1-2H3. The largest absolute Gasteiger partial charge is 0.480 e. The van der Waals surface area contributed by atoms with Gasteiger partial charge in [-0.2, -0.15) is 0 Å². The van der Waals surface area contributed by atoms with Gasteiger partial charge >= 0.3 is 0 Å². The van der Waals surface area contributed by atoms with Crippen molar-refractivity contribution in [3.8, 4) is 5.88 Å². The van der Waals surface area contributed by atoms with Gasteiger partial charge in [-0.15, -0.1) is 0 Å². The molecule has 1 atom stereocenters. The van der Waals surface area contributed by atoms with Gasteiger partial charge in [0.05, 0.1) is 7.11 Å². The molecule has 1 rings (SSSR count). The summed E-state index contributed by atoms with van der Waals surface area (Å²) >= 11 is 3.43. The second-order valence-corrected chi connectivity index (χ2v) is 3.62. The average Bonchev–Trinajstić information content (AvgIpc) is 2.18. The van der Waals surface area contributed by atoms with Gasteiger partial charge in [-0.05, 0) is 12.3 Å². The summed E-state index contributed by atoms with van der Waals surface area (Å²) in [6, 6.07) is 0. The Bertz CT molecular complexity index is 268. The Morgan fingerprint density at radius 1 is 1.46 bits per heavy atom. The Hall–Kier alpha value is -0.640. The van der Waals surface area contributed by atoms with E-state index >= 15 is 0 Å². The predicted molar refractivity (Wildman–Crippen MR) is 55.2 cm³/mol. The highest BCUT2D eigenvalue weighted by molar-refractivity contribution is 9.09. The van der Waals surface area contributed by atoms with Crippen molar-refractivity contribution in [1.29, 1.82) is 0 Å². The number of hydrogen-bond acceptors (Lipinski definition) is 3. The first-order valence-corrected chi connectivity index (χ1v) is 5.30. The lowest BCUT2D eigenvalue weighted by Crippen LogP contribution is -2.05. The van der Waals surface area contributed by atoms with E-state index in [0.29, 0.717) is 11.8 Å². The summed E-state index contributed by atoms with van der Waals surface area (Å²) in [5, 5.41) is 0.965. The maximum absolute atomic E-state index is 5.10. The molecule has 0 radical (unpaired) electrons. The lowest BCUT2D eigenvalue weighted by atomic mass is 10.1. The van der Waals surface area contributed by atoms with Crippen LogP contribution in [-0.4, -0.2) is 22.4 Å². The summed E-state index contributed by atoms with van der Waals surface area (Å²) in [6.07, 6.45) is 4.22. The van der Waals surface area contributed by atoms with Crippen LogP contribution in [0.3, 0.4) is 0 Å². The van der Waals surface area contributed by atoms with Crippen LogP contribution in [0.5, 0.6) is 5.88 Å². The Morgan fingerprint density at radius 2 is 2.15 bits per heavy atom. The van der Waals surface area contributed by atoms with Crippen molar-refractivity contribution in [2.24, 2.45) is 5.92 Å². The Labute approximate surface area is 86.7 Å². The van der Waals surface area contributed by atoms with E-state index in [-0.39, 0.29) is 0 Å². The number of alkyl halides is 1. The molecule has 0 saturated carbocycles. The molecular formula is C9H13BrN2O. The van der Waals surface area contributed by atoms with Crippen LogP contribution in [0.4, 0.5) is 0 Å². The third-order valence-electron chi connectivity index (χ3n) is 1.73. The van der Waals surface area contributed by atoms with Gasteiger partial charge in [-0.1, -0.05) is 22.9 Å². The minimum absolute atomic E-state index is 0.547. The van der Waals surface area contributed by atoms with Gasteiger partial charge in [0.15, 0.2) is 0 Å². The van der Waals surface area contributed by atoms with Crippen LogP contribution in [0.25, 0.3) is 0 Å². The van der Waals surface area contributed by atoms with Gasteiger partial charge in [0, 0.05) is 17.7 Å². The van der Waals surface area contributed by atoms with Crippen molar-refractivity contribution >= 4 is 15.9 Å². The molecule has 1 aromatic heterocycles. The number of nitrogens with zero attached hydrogens (tertiary/aromatic N) is 2. The van der Waals surface area contributed by atoms with E-state index in [2.05, 4.69) is 32.8 Å². The quantitative estimate of drug-likeness (QED) is 0.761. The third kappa shape index (κ3) is 2.95. The van der Waals surface area contributed by atoms with Crippen LogP contribution in [0.2, 0.25) is 0 Å². The van der Waals surface area contributed by atoms with Crippen LogP contribution in [0, 0.1) is 5.92 Å². The number of aromatic nitrogens is 2. The molecule has 4 heteroatoms. The highest BCUT2D eigenvalue weighted by Crippen LogP contribution is 2.16. The average molecular weight is 245 g/mol. The van der Waals surface area contributed by atoms with E-state index < -0.39 is 0 Å². The maximum atomic E-state index is 5.10. The number of ether oxygens (including phenoxy) is 1. The first-order valence-electron chi connectivity index (χ1n) is 4.17. The van der Waals surface area contributed by atoms with Crippen LogP contribution in [0.15, 0.2) is 12.4 Å². The number of methoxy groups -OCH3 is 1. The highest BCUT2D eigenvalue weighted by Gasteiger charge is 2.08. The highest BCUT2D eigenvalue weighted by atomic mass is 79.9. The van der Waals surface area contributed by atoms with Crippen molar-refractivity contribution in [3.05, 3.63) is 18.1 Å². The van der Waals surface area contributed by atoms with Gasteiger partial charge in [-0.3, -0.25) is 4.98 Å². The fourth-order valence-electron chi connectivity index (χ4n) is 1.05. The van der Waals surface area contributed by atoms with E-state index in [4.69, 9.17) is 4.74 Å². The fraction of sp³-hybridized carbons (Fsp3) is 0.556. The molecule has 0 aliphatic carbocycles. The minimum Gasteiger partial charge on any atom is -0.480 e. The van der Waals surface area contributed by atoms with Crippen LogP contribution < -0.4 is 4.74 Å². The summed E-state index contributed by atoms with van der Waals surface area (Å²) < 4.78 is 5.10. The molecule has 13 heavy (non-hydrogen) atoms. The maximum Gasteiger partial charge on any atom is 0.235 e. The topological polar surface area (TPSA) is 35.0 Å². The zero-order chi connectivity index (χ0) is 9.68. The molecule has 0 aliphatic rings. The van der Waals surface area contributed by atoms with E-state index in [1.807, 2.05) is 0 Å². The molecule has 0 aliphatic heterocycles. The molecule has 0 saturated heterocycles. The SMILES string of the molecule is COc1nccnc1CC(C)CBr. The minimum atomic E-state index is 0.547. The Morgan fingerprint density at radius 3 is 2.77 bits per heavy atom. The van der Waals surface area contributed by atoms with Gasteiger partial charge in [0.2, 0.25) is 5.88 Å². The van der Waals surface area contributed by atoms with Gasteiger partial charge < -0.3 is 4.74 Å². The Balaban J connectivity index is 2.74. The molecule has 3 nitrogen and oxygen atoms in total. The van der Waals surface area contributed by atoms with Crippen molar-refractivity contribution in [3.63, 3.8) is 0 Å².